The summed E-state index contributed by atoms with van der Waals surface area (Å²) in [5, 5.41) is 10.9. The molecule has 96 valence electrons. The maximum absolute atomic E-state index is 9.90. The number of likely N-dealkylation sites (N-methyl/N-ethyl adjacent to an activating group) is 1. The summed E-state index contributed by atoms with van der Waals surface area (Å²) in [5.74, 6) is 0.665. The van der Waals surface area contributed by atoms with Crippen LogP contribution < -0.4 is 4.90 Å². The normalized spacial score (nSPS) is 11.8. The van der Waals surface area contributed by atoms with E-state index in [0.29, 0.717) is 12.5 Å². The quantitative estimate of drug-likeness (QED) is 0.897. The van der Waals surface area contributed by atoms with E-state index in [-0.39, 0.29) is 0 Å². The Hall–Kier alpha value is -1.68. The smallest absolute Gasteiger partial charge is 0.225 e. The molecule has 18 heavy (non-hydrogen) atoms. The lowest BCUT2D eigenvalue weighted by molar-refractivity contribution is 0.0872. The average Bonchev–Trinajstić information content (AvgIpc) is 2.34. The molecule has 0 amide bonds. The number of aromatic nitrogens is 2. The van der Waals surface area contributed by atoms with Crippen molar-refractivity contribution in [3.05, 3.63) is 30.5 Å². The van der Waals surface area contributed by atoms with Crippen LogP contribution in [0.3, 0.4) is 0 Å². The molecule has 0 saturated carbocycles. The molecule has 0 saturated heterocycles. The molecule has 1 heterocycles. The Labute approximate surface area is 107 Å². The molecule has 0 aliphatic rings. The lowest BCUT2D eigenvalue weighted by Crippen LogP contribution is -2.39. The number of anilines is 1. The fraction of sp³-hybridized carbons (Fsp3) is 0.429. The molecule has 0 spiro atoms. The Balaban J connectivity index is 2.33. The summed E-state index contributed by atoms with van der Waals surface area (Å²) in [6.07, 6.45) is 1.82. The number of benzene rings is 1. The van der Waals surface area contributed by atoms with Gasteiger partial charge in [0.2, 0.25) is 5.95 Å². The Bertz CT molecular complexity index is 534. The number of hydrogen-bond acceptors (Lipinski definition) is 4. The van der Waals surface area contributed by atoms with Gasteiger partial charge < -0.3 is 10.0 Å². The lowest BCUT2D eigenvalue weighted by Gasteiger charge is -2.28. The van der Waals surface area contributed by atoms with Gasteiger partial charge in [-0.25, -0.2) is 9.97 Å². The zero-order chi connectivity index (χ0) is 13.2. The van der Waals surface area contributed by atoms with Crippen LogP contribution in [0, 0.1) is 0 Å². The minimum absolute atomic E-state index is 0.516. The summed E-state index contributed by atoms with van der Waals surface area (Å²) >= 11 is 0. The van der Waals surface area contributed by atoms with E-state index in [9.17, 15) is 5.11 Å². The van der Waals surface area contributed by atoms with E-state index < -0.39 is 5.60 Å². The molecule has 0 aliphatic heterocycles. The van der Waals surface area contributed by atoms with Crippen molar-refractivity contribution < 1.29 is 5.11 Å². The van der Waals surface area contributed by atoms with Crippen LogP contribution in [0.1, 0.15) is 20.8 Å². The van der Waals surface area contributed by atoms with Crippen LogP contribution in [0.15, 0.2) is 30.5 Å². The SMILES string of the molecule is CCN(CC(C)(C)O)c1ncc2ccccc2n1. The van der Waals surface area contributed by atoms with Gasteiger partial charge in [0.05, 0.1) is 11.1 Å². The summed E-state index contributed by atoms with van der Waals surface area (Å²) in [7, 11) is 0. The van der Waals surface area contributed by atoms with Gasteiger partial charge in [0, 0.05) is 24.7 Å². The molecule has 0 bridgehead atoms. The van der Waals surface area contributed by atoms with E-state index >= 15 is 0 Å². The molecule has 2 rings (SSSR count). The first-order chi connectivity index (χ1) is 8.49. The van der Waals surface area contributed by atoms with Gasteiger partial charge in [-0.2, -0.15) is 0 Å². The molecular formula is C14H19N3O. The van der Waals surface area contributed by atoms with Crippen LogP contribution in [-0.2, 0) is 0 Å². The second kappa shape index (κ2) is 4.90. The maximum atomic E-state index is 9.90. The molecule has 2 aromatic rings. The highest BCUT2D eigenvalue weighted by Crippen LogP contribution is 2.16. The van der Waals surface area contributed by atoms with Crippen molar-refractivity contribution in [2.24, 2.45) is 0 Å². The van der Waals surface area contributed by atoms with Gasteiger partial charge in [-0.1, -0.05) is 18.2 Å². The molecule has 4 heteroatoms. The van der Waals surface area contributed by atoms with Gasteiger partial charge in [-0.15, -0.1) is 0 Å². The first kappa shape index (κ1) is 12.8. The van der Waals surface area contributed by atoms with Crippen LogP contribution >= 0.6 is 0 Å². The molecule has 0 radical (unpaired) electrons. The molecule has 0 unspecified atom stereocenters. The fourth-order valence-corrected chi connectivity index (χ4v) is 1.91. The monoisotopic (exact) mass is 245 g/mol. The lowest BCUT2D eigenvalue weighted by atomic mass is 10.1. The second-order valence-corrected chi connectivity index (χ2v) is 5.06. The fourth-order valence-electron chi connectivity index (χ4n) is 1.91. The first-order valence-electron chi connectivity index (χ1n) is 6.19. The first-order valence-corrected chi connectivity index (χ1v) is 6.19. The Morgan fingerprint density at radius 1 is 1.28 bits per heavy atom. The van der Waals surface area contributed by atoms with E-state index in [2.05, 4.69) is 9.97 Å². The third kappa shape index (κ3) is 2.96. The van der Waals surface area contributed by atoms with Gasteiger partial charge in [0.15, 0.2) is 0 Å². The van der Waals surface area contributed by atoms with Crippen molar-refractivity contribution in [2.75, 3.05) is 18.0 Å². The van der Waals surface area contributed by atoms with Gasteiger partial charge in [0.1, 0.15) is 0 Å². The maximum Gasteiger partial charge on any atom is 0.225 e. The number of rotatable bonds is 4. The topological polar surface area (TPSA) is 49.2 Å². The highest BCUT2D eigenvalue weighted by Gasteiger charge is 2.19. The van der Waals surface area contributed by atoms with Crippen molar-refractivity contribution >= 4 is 16.9 Å². The largest absolute Gasteiger partial charge is 0.389 e. The molecule has 1 aromatic heterocycles. The molecule has 4 nitrogen and oxygen atoms in total. The minimum atomic E-state index is -0.759. The molecule has 1 N–H and O–H groups in total. The highest BCUT2D eigenvalue weighted by atomic mass is 16.3. The number of nitrogens with zero attached hydrogens (tertiary/aromatic N) is 3. The number of para-hydroxylation sites is 1. The molecule has 1 aromatic carbocycles. The predicted octanol–water partition coefficient (Wildman–Crippen LogP) is 2.23. The minimum Gasteiger partial charge on any atom is -0.389 e. The van der Waals surface area contributed by atoms with E-state index in [0.717, 1.165) is 17.4 Å². The molecule has 0 atom stereocenters. The van der Waals surface area contributed by atoms with Crippen LogP contribution in [0.2, 0.25) is 0 Å². The van der Waals surface area contributed by atoms with Crippen LogP contribution in [-0.4, -0.2) is 33.8 Å². The molecular weight excluding hydrogens is 226 g/mol. The van der Waals surface area contributed by atoms with E-state index in [1.165, 1.54) is 0 Å². The Morgan fingerprint density at radius 2 is 2.00 bits per heavy atom. The van der Waals surface area contributed by atoms with Gasteiger partial charge in [-0.05, 0) is 26.8 Å². The van der Waals surface area contributed by atoms with Crippen LogP contribution in [0.25, 0.3) is 10.9 Å². The zero-order valence-corrected chi connectivity index (χ0v) is 11.1. The highest BCUT2D eigenvalue weighted by molar-refractivity contribution is 5.78. The third-order valence-corrected chi connectivity index (χ3v) is 2.72. The van der Waals surface area contributed by atoms with Crippen molar-refractivity contribution in [2.45, 2.75) is 26.4 Å². The van der Waals surface area contributed by atoms with Crippen molar-refractivity contribution in [1.29, 1.82) is 0 Å². The van der Waals surface area contributed by atoms with Crippen molar-refractivity contribution in [3.63, 3.8) is 0 Å². The number of fused-ring (bicyclic) bond motifs is 1. The molecule has 0 aliphatic carbocycles. The second-order valence-electron chi connectivity index (χ2n) is 5.06. The summed E-state index contributed by atoms with van der Waals surface area (Å²) in [6.45, 7) is 6.89. The number of hydrogen-bond donors (Lipinski definition) is 1. The van der Waals surface area contributed by atoms with E-state index in [4.69, 9.17) is 0 Å². The van der Waals surface area contributed by atoms with E-state index in [1.807, 2.05) is 42.3 Å². The number of aliphatic hydroxyl groups is 1. The average molecular weight is 245 g/mol. The van der Waals surface area contributed by atoms with Crippen molar-refractivity contribution in [3.8, 4) is 0 Å². The van der Waals surface area contributed by atoms with Crippen LogP contribution in [0.5, 0.6) is 0 Å². The zero-order valence-electron chi connectivity index (χ0n) is 11.1. The van der Waals surface area contributed by atoms with Gasteiger partial charge in [-0.3, -0.25) is 0 Å². The Morgan fingerprint density at radius 3 is 2.67 bits per heavy atom. The predicted molar refractivity (Wildman–Crippen MR) is 73.7 cm³/mol. The van der Waals surface area contributed by atoms with E-state index in [1.54, 1.807) is 13.8 Å². The molecule has 0 fully saturated rings. The summed E-state index contributed by atoms with van der Waals surface area (Å²) in [4.78, 5) is 10.9. The third-order valence-electron chi connectivity index (χ3n) is 2.72. The van der Waals surface area contributed by atoms with Gasteiger partial charge >= 0.3 is 0 Å². The van der Waals surface area contributed by atoms with Gasteiger partial charge in [0.25, 0.3) is 0 Å². The summed E-state index contributed by atoms with van der Waals surface area (Å²) < 4.78 is 0. The summed E-state index contributed by atoms with van der Waals surface area (Å²) in [5.41, 5.74) is 0.169. The van der Waals surface area contributed by atoms with Crippen molar-refractivity contribution in [1.82, 2.24) is 9.97 Å². The standard InChI is InChI=1S/C14H19N3O/c1-4-17(10-14(2,3)18)13-15-9-11-7-5-6-8-12(11)16-13/h5-9,18H,4,10H2,1-3H3. The summed E-state index contributed by atoms with van der Waals surface area (Å²) in [6, 6.07) is 7.90. The Kier molecular flexibility index (Phi) is 3.48. The van der Waals surface area contributed by atoms with Crippen LogP contribution in [0.4, 0.5) is 5.95 Å².